The molecule has 0 aliphatic rings. The van der Waals surface area contributed by atoms with E-state index in [-0.39, 0.29) is 10.8 Å². The van der Waals surface area contributed by atoms with Gasteiger partial charge < -0.3 is 4.57 Å². The molecule has 0 radical (unpaired) electrons. The third-order valence-corrected chi connectivity index (χ3v) is 6.60. The number of terminal acetylenes is 1. The Balaban J connectivity index is 2.28. The Hall–Kier alpha value is -1.88. The average molecular weight is 334 g/mol. The maximum atomic E-state index is 12.3. The van der Waals surface area contributed by atoms with Crippen LogP contribution in [-0.2, 0) is 16.6 Å². The van der Waals surface area contributed by atoms with Crippen LogP contribution < -0.4 is 4.80 Å². The molecule has 106 valence electrons. The normalized spacial score (nSPS) is 12.6. The summed E-state index contributed by atoms with van der Waals surface area (Å²) in [5.41, 5.74) is 0.889. The van der Waals surface area contributed by atoms with Gasteiger partial charge in [0.15, 0.2) is 0 Å². The van der Waals surface area contributed by atoms with Crippen molar-refractivity contribution >= 4 is 42.9 Å². The van der Waals surface area contributed by atoms with Crippen LogP contribution in [0.4, 0.5) is 0 Å². The lowest BCUT2D eigenvalue weighted by Crippen LogP contribution is -2.16. The van der Waals surface area contributed by atoms with Gasteiger partial charge in [-0.2, -0.15) is 8.42 Å². The van der Waals surface area contributed by atoms with Gasteiger partial charge in [-0.3, -0.25) is 0 Å². The second kappa shape index (κ2) is 5.48. The number of fused-ring (bicyclic) bond motifs is 1. The first-order valence-electron chi connectivity index (χ1n) is 5.98. The van der Waals surface area contributed by atoms with Crippen molar-refractivity contribution < 1.29 is 8.42 Å². The molecule has 0 bridgehead atoms. The minimum atomic E-state index is -3.69. The van der Waals surface area contributed by atoms with Crippen LogP contribution in [0.15, 0.2) is 50.4 Å². The standard InChI is InChI=1S/C14H10N2O2S3/c1-2-9-16-11-6-3-4-7-12(11)20-14(16)15-21(17,18)13-8-5-10-19-13/h1,3-8,10H,9H2. The number of benzene rings is 1. The van der Waals surface area contributed by atoms with E-state index < -0.39 is 10.0 Å². The van der Waals surface area contributed by atoms with Crippen LogP contribution in [-0.4, -0.2) is 13.0 Å². The summed E-state index contributed by atoms with van der Waals surface area (Å²) in [5, 5.41) is 1.71. The number of rotatable bonds is 3. The molecule has 1 aromatic carbocycles. The molecular weight excluding hydrogens is 324 g/mol. The van der Waals surface area contributed by atoms with E-state index in [2.05, 4.69) is 10.3 Å². The largest absolute Gasteiger partial charge is 0.304 e. The Morgan fingerprint density at radius 3 is 2.76 bits per heavy atom. The highest BCUT2D eigenvalue weighted by atomic mass is 32.2. The van der Waals surface area contributed by atoms with Gasteiger partial charge in [0.05, 0.1) is 16.8 Å². The molecule has 0 N–H and O–H groups in total. The highest BCUT2D eigenvalue weighted by molar-refractivity contribution is 7.92. The first kappa shape index (κ1) is 14.1. The minimum Gasteiger partial charge on any atom is -0.304 e. The third-order valence-electron chi connectivity index (χ3n) is 2.79. The van der Waals surface area contributed by atoms with Gasteiger partial charge in [0.2, 0.25) is 4.80 Å². The van der Waals surface area contributed by atoms with Crippen LogP contribution in [0.3, 0.4) is 0 Å². The number of hydrogen-bond acceptors (Lipinski definition) is 4. The maximum Gasteiger partial charge on any atom is 0.294 e. The summed E-state index contributed by atoms with van der Waals surface area (Å²) < 4.78 is 31.4. The van der Waals surface area contributed by atoms with Crippen molar-refractivity contribution in [2.75, 3.05) is 0 Å². The fraction of sp³-hybridized carbons (Fsp3) is 0.0714. The smallest absolute Gasteiger partial charge is 0.294 e. The quantitative estimate of drug-likeness (QED) is 0.692. The highest BCUT2D eigenvalue weighted by Crippen LogP contribution is 2.20. The van der Waals surface area contributed by atoms with Crippen LogP contribution in [0.5, 0.6) is 0 Å². The third kappa shape index (κ3) is 2.65. The molecule has 2 heterocycles. The van der Waals surface area contributed by atoms with Crippen molar-refractivity contribution in [3.05, 3.63) is 46.6 Å². The van der Waals surface area contributed by atoms with Gasteiger partial charge in [0.1, 0.15) is 4.21 Å². The molecule has 0 fully saturated rings. The van der Waals surface area contributed by atoms with E-state index in [0.29, 0.717) is 4.80 Å². The van der Waals surface area contributed by atoms with E-state index in [1.165, 1.54) is 11.3 Å². The molecule has 0 amide bonds. The van der Waals surface area contributed by atoms with Gasteiger partial charge in [-0.05, 0) is 23.6 Å². The molecule has 0 atom stereocenters. The number of thiazole rings is 1. The summed E-state index contributed by atoms with van der Waals surface area (Å²) in [6.45, 7) is 0.281. The van der Waals surface area contributed by atoms with Gasteiger partial charge in [-0.25, -0.2) is 0 Å². The SMILES string of the molecule is C#CCn1c(=NS(=O)(=O)c2cccs2)sc2ccccc21. The predicted molar refractivity (Wildman–Crippen MR) is 85.7 cm³/mol. The molecule has 3 rings (SSSR count). The topological polar surface area (TPSA) is 51.4 Å². The van der Waals surface area contributed by atoms with Crippen molar-refractivity contribution in [3.63, 3.8) is 0 Å². The number of hydrogen-bond donors (Lipinski definition) is 0. The van der Waals surface area contributed by atoms with Crippen molar-refractivity contribution in [1.29, 1.82) is 0 Å². The Bertz CT molecular complexity index is 987. The molecule has 0 aliphatic heterocycles. The molecule has 0 spiro atoms. The lowest BCUT2D eigenvalue weighted by atomic mass is 10.3. The summed E-state index contributed by atoms with van der Waals surface area (Å²) in [6.07, 6.45) is 5.38. The van der Waals surface area contributed by atoms with E-state index in [0.717, 1.165) is 21.6 Å². The molecule has 2 aromatic heterocycles. The zero-order valence-corrected chi connectivity index (χ0v) is 13.2. The maximum absolute atomic E-state index is 12.3. The molecule has 0 aliphatic carbocycles. The van der Waals surface area contributed by atoms with Crippen LogP contribution in [0.2, 0.25) is 0 Å². The second-order valence-corrected chi connectivity index (χ2v) is 7.93. The minimum absolute atomic E-state index is 0.229. The zero-order valence-electron chi connectivity index (χ0n) is 10.8. The Labute approximate surface area is 130 Å². The number of nitrogens with zero attached hydrogens (tertiary/aromatic N) is 2. The average Bonchev–Trinajstić information content (AvgIpc) is 3.08. The number of thiophene rings is 1. The van der Waals surface area contributed by atoms with Gasteiger partial charge in [-0.15, -0.1) is 22.2 Å². The molecule has 4 nitrogen and oxygen atoms in total. The van der Waals surface area contributed by atoms with Gasteiger partial charge in [0.25, 0.3) is 10.0 Å². The molecular formula is C14H10N2O2S3. The van der Waals surface area contributed by atoms with E-state index in [1.54, 1.807) is 22.1 Å². The fourth-order valence-corrected chi connectivity index (χ4v) is 5.09. The first-order chi connectivity index (χ1) is 10.1. The highest BCUT2D eigenvalue weighted by Gasteiger charge is 2.15. The van der Waals surface area contributed by atoms with E-state index >= 15 is 0 Å². The van der Waals surface area contributed by atoms with Crippen molar-refractivity contribution in [2.45, 2.75) is 10.8 Å². The summed E-state index contributed by atoms with van der Waals surface area (Å²) in [7, 11) is -3.69. The van der Waals surface area contributed by atoms with Crippen LogP contribution in [0.25, 0.3) is 10.2 Å². The van der Waals surface area contributed by atoms with E-state index in [4.69, 9.17) is 6.42 Å². The number of sulfonamides is 1. The van der Waals surface area contributed by atoms with Crippen molar-refractivity contribution in [2.24, 2.45) is 4.40 Å². The first-order valence-corrected chi connectivity index (χ1v) is 9.12. The van der Waals surface area contributed by atoms with E-state index in [9.17, 15) is 8.42 Å². The number of para-hydroxylation sites is 1. The van der Waals surface area contributed by atoms with Crippen molar-refractivity contribution in [3.8, 4) is 12.3 Å². The van der Waals surface area contributed by atoms with Gasteiger partial charge in [0, 0.05) is 0 Å². The molecule has 0 unspecified atom stereocenters. The molecule has 0 saturated heterocycles. The molecule has 3 aromatic rings. The summed E-state index contributed by atoms with van der Waals surface area (Å²) in [4.78, 5) is 0.391. The summed E-state index contributed by atoms with van der Waals surface area (Å²) >= 11 is 2.46. The van der Waals surface area contributed by atoms with Crippen LogP contribution in [0.1, 0.15) is 0 Å². The van der Waals surface area contributed by atoms with Crippen LogP contribution in [0, 0.1) is 12.3 Å². The lowest BCUT2D eigenvalue weighted by molar-refractivity contribution is 0.598. The van der Waals surface area contributed by atoms with Gasteiger partial charge >= 0.3 is 0 Å². The Kier molecular flexibility index (Phi) is 3.68. The summed E-state index contributed by atoms with van der Waals surface area (Å²) in [5.74, 6) is 2.54. The number of aromatic nitrogens is 1. The predicted octanol–water partition coefficient (Wildman–Crippen LogP) is 2.69. The van der Waals surface area contributed by atoms with E-state index in [1.807, 2.05) is 24.3 Å². The Morgan fingerprint density at radius 1 is 1.24 bits per heavy atom. The lowest BCUT2D eigenvalue weighted by Gasteiger charge is -1.99. The molecule has 21 heavy (non-hydrogen) atoms. The molecule has 0 saturated carbocycles. The van der Waals surface area contributed by atoms with Gasteiger partial charge in [-0.1, -0.05) is 35.5 Å². The van der Waals surface area contributed by atoms with Crippen molar-refractivity contribution in [1.82, 2.24) is 4.57 Å². The molecule has 7 heteroatoms. The van der Waals surface area contributed by atoms with Crippen LogP contribution >= 0.6 is 22.7 Å². The zero-order chi connectivity index (χ0) is 14.9. The monoisotopic (exact) mass is 334 g/mol. The second-order valence-electron chi connectivity index (χ2n) is 4.14. The fourth-order valence-electron chi connectivity index (χ4n) is 1.89. The summed E-state index contributed by atoms with van der Waals surface area (Å²) in [6, 6.07) is 10.8. The Morgan fingerprint density at radius 2 is 2.05 bits per heavy atom.